The topological polar surface area (TPSA) is 50.4 Å². The molecule has 4 heteroatoms. The van der Waals surface area contributed by atoms with Gasteiger partial charge in [-0.05, 0) is 46.6 Å². The number of carbonyl (C=O) groups excluding carboxylic acids is 1. The quantitative estimate of drug-likeness (QED) is 0.759. The van der Waals surface area contributed by atoms with E-state index >= 15 is 0 Å². The van der Waals surface area contributed by atoms with Crippen molar-refractivity contribution in [3.63, 3.8) is 0 Å². The van der Waals surface area contributed by atoms with E-state index in [0.717, 1.165) is 39.0 Å². The van der Waals surface area contributed by atoms with Crippen LogP contribution in [0.15, 0.2) is 0 Å². The summed E-state index contributed by atoms with van der Waals surface area (Å²) in [5.41, 5.74) is -0.457. The molecule has 2 N–H and O–H groups in total. The van der Waals surface area contributed by atoms with Gasteiger partial charge in [-0.3, -0.25) is 4.79 Å². The van der Waals surface area contributed by atoms with Crippen LogP contribution in [0.5, 0.6) is 0 Å². The summed E-state index contributed by atoms with van der Waals surface area (Å²) < 4.78 is 5.56. The van der Waals surface area contributed by atoms with Crippen molar-refractivity contribution in [3.05, 3.63) is 0 Å². The zero-order valence-corrected chi connectivity index (χ0v) is 11.1. The van der Waals surface area contributed by atoms with E-state index in [0.29, 0.717) is 0 Å². The minimum Gasteiger partial charge on any atom is -0.376 e. The van der Waals surface area contributed by atoms with E-state index in [-0.39, 0.29) is 23.0 Å². The fraction of sp³-hybridized carbons (Fsp3) is 0.923. The van der Waals surface area contributed by atoms with Gasteiger partial charge in [0, 0.05) is 13.2 Å². The number of piperidine rings is 1. The van der Waals surface area contributed by atoms with E-state index < -0.39 is 0 Å². The molecule has 3 atom stereocenters. The molecular weight excluding hydrogens is 216 g/mol. The lowest BCUT2D eigenvalue weighted by atomic mass is 9.80. The number of hydrogen-bond donors (Lipinski definition) is 2. The molecule has 0 bridgehead atoms. The lowest BCUT2D eigenvalue weighted by molar-refractivity contribution is -0.133. The summed E-state index contributed by atoms with van der Waals surface area (Å²) in [6.07, 6.45) is 3.05. The van der Waals surface area contributed by atoms with Crippen LogP contribution >= 0.6 is 0 Å². The SMILES string of the molecule is CC1OCCC1(C)NC(=O)C1(C)CCCNC1. The molecular formula is C13H24N2O2. The highest BCUT2D eigenvalue weighted by molar-refractivity contribution is 5.83. The van der Waals surface area contributed by atoms with E-state index in [1.54, 1.807) is 0 Å². The fourth-order valence-electron chi connectivity index (χ4n) is 2.66. The third kappa shape index (κ3) is 2.47. The predicted octanol–water partition coefficient (Wildman–Crippen LogP) is 1.06. The lowest BCUT2D eigenvalue weighted by Gasteiger charge is -2.37. The van der Waals surface area contributed by atoms with Crippen LogP contribution in [-0.4, -0.2) is 37.2 Å². The van der Waals surface area contributed by atoms with Crippen LogP contribution in [0.3, 0.4) is 0 Å². The van der Waals surface area contributed by atoms with Gasteiger partial charge in [0.1, 0.15) is 0 Å². The van der Waals surface area contributed by atoms with Crippen molar-refractivity contribution < 1.29 is 9.53 Å². The van der Waals surface area contributed by atoms with Gasteiger partial charge in [-0.1, -0.05) is 0 Å². The molecule has 0 saturated carbocycles. The van der Waals surface area contributed by atoms with Crippen LogP contribution < -0.4 is 10.6 Å². The molecule has 98 valence electrons. The number of amides is 1. The number of rotatable bonds is 2. The second-order valence-electron chi connectivity index (χ2n) is 5.98. The minimum absolute atomic E-state index is 0.103. The van der Waals surface area contributed by atoms with Gasteiger partial charge in [-0.2, -0.15) is 0 Å². The molecule has 17 heavy (non-hydrogen) atoms. The van der Waals surface area contributed by atoms with Gasteiger partial charge in [0.15, 0.2) is 0 Å². The van der Waals surface area contributed by atoms with Crippen molar-refractivity contribution in [1.82, 2.24) is 10.6 Å². The van der Waals surface area contributed by atoms with Crippen molar-refractivity contribution in [2.24, 2.45) is 5.41 Å². The molecule has 2 aliphatic heterocycles. The van der Waals surface area contributed by atoms with Crippen LogP contribution in [0, 0.1) is 5.41 Å². The Kier molecular flexibility index (Phi) is 3.46. The van der Waals surface area contributed by atoms with Crippen LogP contribution in [0.2, 0.25) is 0 Å². The molecule has 3 unspecified atom stereocenters. The van der Waals surface area contributed by atoms with E-state index in [4.69, 9.17) is 4.74 Å². The molecule has 0 aliphatic carbocycles. The Hall–Kier alpha value is -0.610. The molecule has 0 radical (unpaired) electrons. The number of ether oxygens (including phenoxy) is 1. The summed E-state index contributed by atoms with van der Waals surface area (Å²) in [7, 11) is 0. The van der Waals surface area contributed by atoms with Crippen molar-refractivity contribution in [2.75, 3.05) is 19.7 Å². The van der Waals surface area contributed by atoms with Gasteiger partial charge in [-0.25, -0.2) is 0 Å². The van der Waals surface area contributed by atoms with E-state index in [2.05, 4.69) is 24.5 Å². The molecule has 4 nitrogen and oxygen atoms in total. The molecule has 0 aromatic rings. The average molecular weight is 240 g/mol. The normalized spacial score (nSPS) is 42.4. The van der Waals surface area contributed by atoms with Crippen LogP contribution in [-0.2, 0) is 9.53 Å². The first-order valence-electron chi connectivity index (χ1n) is 6.61. The number of hydrogen-bond acceptors (Lipinski definition) is 3. The Morgan fingerprint density at radius 3 is 2.71 bits per heavy atom. The third-order valence-corrected chi connectivity index (χ3v) is 4.43. The number of nitrogens with one attached hydrogen (secondary N) is 2. The molecule has 0 aromatic heterocycles. The Labute approximate surface area is 103 Å². The zero-order chi connectivity index (χ0) is 12.5. The van der Waals surface area contributed by atoms with Crippen molar-refractivity contribution in [1.29, 1.82) is 0 Å². The number of carbonyl (C=O) groups is 1. The third-order valence-electron chi connectivity index (χ3n) is 4.43. The first kappa shape index (κ1) is 12.8. The van der Waals surface area contributed by atoms with E-state index in [1.165, 1.54) is 0 Å². The van der Waals surface area contributed by atoms with Gasteiger partial charge < -0.3 is 15.4 Å². The first-order chi connectivity index (χ1) is 7.96. The standard InChI is InChI=1S/C13H24N2O2/c1-10-13(3,6-8-17-10)15-11(16)12(2)5-4-7-14-9-12/h10,14H,4-9H2,1-3H3,(H,15,16). The van der Waals surface area contributed by atoms with Gasteiger partial charge >= 0.3 is 0 Å². The van der Waals surface area contributed by atoms with Gasteiger partial charge in [-0.15, -0.1) is 0 Å². The van der Waals surface area contributed by atoms with Gasteiger partial charge in [0.25, 0.3) is 0 Å². The maximum atomic E-state index is 12.4. The Morgan fingerprint density at radius 1 is 1.41 bits per heavy atom. The summed E-state index contributed by atoms with van der Waals surface area (Å²) >= 11 is 0. The molecule has 2 aliphatic rings. The molecule has 2 heterocycles. The Bertz CT molecular complexity index is 300. The highest BCUT2D eigenvalue weighted by Crippen LogP contribution is 2.30. The molecule has 2 fully saturated rings. The summed E-state index contributed by atoms with van der Waals surface area (Å²) in [5, 5.41) is 6.52. The summed E-state index contributed by atoms with van der Waals surface area (Å²) in [5.74, 6) is 0.171. The maximum Gasteiger partial charge on any atom is 0.227 e. The monoisotopic (exact) mass is 240 g/mol. The second-order valence-corrected chi connectivity index (χ2v) is 5.98. The zero-order valence-electron chi connectivity index (χ0n) is 11.1. The summed E-state index contributed by atoms with van der Waals surface area (Å²) in [6.45, 7) is 8.73. The van der Waals surface area contributed by atoms with Crippen LogP contribution in [0.25, 0.3) is 0 Å². The predicted molar refractivity (Wildman–Crippen MR) is 66.8 cm³/mol. The smallest absolute Gasteiger partial charge is 0.227 e. The molecule has 0 aromatic carbocycles. The van der Waals surface area contributed by atoms with E-state index in [9.17, 15) is 4.79 Å². The van der Waals surface area contributed by atoms with Gasteiger partial charge in [0.05, 0.1) is 17.1 Å². The molecule has 0 spiro atoms. The highest BCUT2D eigenvalue weighted by atomic mass is 16.5. The highest BCUT2D eigenvalue weighted by Gasteiger charge is 2.43. The van der Waals surface area contributed by atoms with Gasteiger partial charge in [0.2, 0.25) is 5.91 Å². The minimum atomic E-state index is -0.260. The first-order valence-corrected chi connectivity index (χ1v) is 6.61. The fourth-order valence-corrected chi connectivity index (χ4v) is 2.66. The van der Waals surface area contributed by atoms with Crippen molar-refractivity contribution >= 4 is 5.91 Å². The van der Waals surface area contributed by atoms with Crippen molar-refractivity contribution in [3.8, 4) is 0 Å². The average Bonchev–Trinajstić information content (AvgIpc) is 2.60. The second kappa shape index (κ2) is 4.58. The van der Waals surface area contributed by atoms with Crippen molar-refractivity contribution in [2.45, 2.75) is 51.7 Å². The molecule has 2 saturated heterocycles. The largest absolute Gasteiger partial charge is 0.376 e. The molecule has 1 amide bonds. The molecule has 2 rings (SSSR count). The maximum absolute atomic E-state index is 12.4. The lowest BCUT2D eigenvalue weighted by Crippen LogP contribution is -2.57. The van der Waals surface area contributed by atoms with E-state index in [1.807, 2.05) is 6.92 Å². The summed E-state index contributed by atoms with van der Waals surface area (Å²) in [6, 6.07) is 0. The Morgan fingerprint density at radius 2 is 2.18 bits per heavy atom. The van der Waals surface area contributed by atoms with Crippen LogP contribution in [0.1, 0.15) is 40.0 Å². The van der Waals surface area contributed by atoms with Crippen LogP contribution in [0.4, 0.5) is 0 Å². The Balaban J connectivity index is 2.00. The summed E-state index contributed by atoms with van der Waals surface area (Å²) in [4.78, 5) is 12.4.